The molecule has 6 nitrogen and oxygen atoms in total. The molecule has 1 fully saturated rings. The topological polar surface area (TPSA) is 118 Å². The van der Waals surface area contributed by atoms with Crippen molar-refractivity contribution in [1.82, 2.24) is 0 Å². The molecule has 0 spiro atoms. The number of hydrogen-bond donors (Lipinski definition) is 5. The summed E-state index contributed by atoms with van der Waals surface area (Å²) in [5.74, 6) is -3.33. The van der Waals surface area contributed by atoms with Crippen LogP contribution in [0, 0.1) is 12.3 Å². The van der Waals surface area contributed by atoms with Crippen LogP contribution in [0.1, 0.15) is 24.3 Å². The first-order valence-electron chi connectivity index (χ1n) is 6.96. The Labute approximate surface area is 142 Å². The lowest BCUT2D eigenvalue weighted by Gasteiger charge is -2.18. The Bertz CT molecular complexity index is 771. The van der Waals surface area contributed by atoms with Gasteiger partial charge in [-0.2, -0.15) is 0 Å². The molecule has 0 bridgehead atoms. The number of carbonyl (C=O) groups excluding carboxylic acids is 1. The molecule has 1 unspecified atom stereocenters. The smallest absolute Gasteiger partial charge is 0.208 e. The molecule has 1 atom stereocenters. The number of benzene rings is 1. The number of aromatic hydroxyl groups is 5. The molecule has 2 rings (SSSR count). The number of halogens is 1. The van der Waals surface area contributed by atoms with Crippen molar-refractivity contribution in [2.24, 2.45) is 0 Å². The molecule has 24 heavy (non-hydrogen) atoms. The predicted octanol–water partition coefficient (Wildman–Crippen LogP) is 2.39. The second kappa shape index (κ2) is 6.77. The van der Waals surface area contributed by atoms with Gasteiger partial charge in [0.05, 0.1) is 5.56 Å². The number of allylic oxidation sites excluding steroid dienone is 4. The molecule has 126 valence electrons. The summed E-state index contributed by atoms with van der Waals surface area (Å²) in [5, 5.41) is 49.1. The first-order valence-corrected chi connectivity index (χ1v) is 7.50. The van der Waals surface area contributed by atoms with E-state index in [0.717, 1.165) is 0 Å². The molecule has 1 aromatic carbocycles. The van der Waals surface area contributed by atoms with Crippen LogP contribution in [0.4, 0.5) is 0 Å². The number of hydrogen-bond acceptors (Lipinski definition) is 6. The molecule has 0 aromatic heterocycles. The minimum Gasteiger partial charge on any atom is -0.504 e. The van der Waals surface area contributed by atoms with Gasteiger partial charge in [0, 0.05) is 30.2 Å². The monoisotopic (exact) mass is 350 g/mol. The van der Waals surface area contributed by atoms with Gasteiger partial charge in [0.1, 0.15) is 0 Å². The van der Waals surface area contributed by atoms with Crippen LogP contribution < -0.4 is 0 Å². The van der Waals surface area contributed by atoms with Crippen LogP contribution in [-0.2, 0) is 4.79 Å². The first kappa shape index (κ1) is 17.6. The summed E-state index contributed by atoms with van der Waals surface area (Å²) in [5.41, 5.74) is 0.460. The Balaban J connectivity index is 2.70. The van der Waals surface area contributed by atoms with Gasteiger partial charge in [0.15, 0.2) is 17.3 Å². The summed E-state index contributed by atoms with van der Waals surface area (Å²) in [4.78, 5) is 12.2. The second-order valence-corrected chi connectivity index (χ2v) is 5.49. The highest BCUT2D eigenvalue weighted by molar-refractivity contribution is 6.19. The van der Waals surface area contributed by atoms with Gasteiger partial charge >= 0.3 is 0 Å². The Kier molecular flexibility index (Phi) is 4.96. The maximum atomic E-state index is 12.2. The number of alkyl halides is 1. The quantitative estimate of drug-likeness (QED) is 0.188. The summed E-state index contributed by atoms with van der Waals surface area (Å²) in [7, 11) is 0. The third-order valence-electron chi connectivity index (χ3n) is 3.85. The van der Waals surface area contributed by atoms with Crippen molar-refractivity contribution in [3.05, 3.63) is 28.9 Å². The lowest BCUT2D eigenvalue weighted by molar-refractivity contribution is -0.114. The van der Waals surface area contributed by atoms with Crippen LogP contribution in [0.5, 0.6) is 28.7 Å². The predicted molar refractivity (Wildman–Crippen MR) is 87.5 cm³/mol. The summed E-state index contributed by atoms with van der Waals surface area (Å²) >= 11 is 5.67. The van der Waals surface area contributed by atoms with Crippen LogP contribution in [0.3, 0.4) is 0 Å². The fourth-order valence-corrected chi connectivity index (χ4v) is 2.93. The van der Waals surface area contributed by atoms with Crippen molar-refractivity contribution in [1.29, 1.82) is 0 Å². The van der Waals surface area contributed by atoms with E-state index in [1.165, 1.54) is 6.08 Å². The van der Waals surface area contributed by atoms with Gasteiger partial charge in [-0.05, 0) is 5.57 Å². The lowest BCUT2D eigenvalue weighted by Crippen LogP contribution is -1.99. The van der Waals surface area contributed by atoms with Gasteiger partial charge in [-0.15, -0.1) is 23.9 Å². The zero-order valence-electron chi connectivity index (χ0n) is 12.5. The third-order valence-corrected chi connectivity index (χ3v) is 4.01. The minimum atomic E-state index is -1.05. The number of carbonyl (C=O) groups is 1. The van der Waals surface area contributed by atoms with Crippen molar-refractivity contribution in [3.63, 3.8) is 0 Å². The molecule has 1 saturated carbocycles. The highest BCUT2D eigenvalue weighted by Crippen LogP contribution is 2.56. The number of terminal acetylenes is 1. The van der Waals surface area contributed by atoms with Crippen molar-refractivity contribution >= 4 is 17.4 Å². The summed E-state index contributed by atoms with van der Waals surface area (Å²) in [6.07, 6.45) is 8.37. The molecule has 0 aliphatic heterocycles. The maximum absolute atomic E-state index is 12.2. The van der Waals surface area contributed by atoms with Crippen LogP contribution in [0.15, 0.2) is 23.3 Å². The highest BCUT2D eigenvalue weighted by Gasteiger charge is 2.38. The molecule has 1 aromatic rings. The number of ketones is 1. The SMILES string of the molecule is C#CC/C=C1\C(=C/CCl)C(=O)CC1c1c(O)c(O)c(O)c(O)c1O. The molecule has 0 radical (unpaired) electrons. The van der Waals surface area contributed by atoms with Crippen molar-refractivity contribution in [2.45, 2.75) is 18.8 Å². The van der Waals surface area contributed by atoms with Gasteiger partial charge in [-0.3, -0.25) is 4.79 Å². The largest absolute Gasteiger partial charge is 0.504 e. The van der Waals surface area contributed by atoms with E-state index in [2.05, 4.69) is 5.92 Å². The molecule has 0 heterocycles. The summed E-state index contributed by atoms with van der Waals surface area (Å²) in [6, 6.07) is 0. The van der Waals surface area contributed by atoms with E-state index in [4.69, 9.17) is 18.0 Å². The second-order valence-electron chi connectivity index (χ2n) is 5.18. The molecule has 7 heteroatoms. The van der Waals surface area contributed by atoms with E-state index in [9.17, 15) is 30.3 Å². The molecular weight excluding hydrogens is 336 g/mol. The van der Waals surface area contributed by atoms with E-state index in [1.807, 2.05) is 0 Å². The van der Waals surface area contributed by atoms with E-state index < -0.39 is 34.7 Å². The Morgan fingerprint density at radius 1 is 1.04 bits per heavy atom. The van der Waals surface area contributed by atoms with Crippen molar-refractivity contribution < 1.29 is 30.3 Å². The molecule has 0 saturated heterocycles. The zero-order chi connectivity index (χ0) is 18.0. The van der Waals surface area contributed by atoms with Crippen molar-refractivity contribution in [2.75, 3.05) is 5.88 Å². The molecule has 0 amide bonds. The zero-order valence-corrected chi connectivity index (χ0v) is 13.2. The lowest BCUT2D eigenvalue weighted by atomic mass is 9.89. The fourth-order valence-electron chi connectivity index (χ4n) is 2.78. The van der Waals surface area contributed by atoms with E-state index >= 15 is 0 Å². The number of Topliss-reactive ketones (excluding diaryl/α,β-unsaturated/α-hetero) is 1. The number of phenols is 5. The van der Waals surface area contributed by atoms with Crippen LogP contribution in [-0.4, -0.2) is 37.2 Å². The standard InChI is InChI=1S/C17H15ClO6/c1-2-3-4-8-9(5-6-18)11(19)7-10(8)12-13(20)15(22)17(24)16(23)14(12)21/h1,4-5,10,20-24H,3,6-7H2/b8-4+,9-5+. The van der Waals surface area contributed by atoms with Gasteiger partial charge in [0.2, 0.25) is 17.2 Å². The first-order chi connectivity index (χ1) is 11.3. The maximum Gasteiger partial charge on any atom is 0.208 e. The highest BCUT2D eigenvalue weighted by atomic mass is 35.5. The van der Waals surface area contributed by atoms with Gasteiger partial charge < -0.3 is 25.5 Å². The molecule has 5 N–H and O–H groups in total. The van der Waals surface area contributed by atoms with E-state index in [0.29, 0.717) is 11.1 Å². The molecule has 1 aliphatic carbocycles. The molecular formula is C17H15ClO6. The minimum absolute atomic E-state index is 0.0746. The van der Waals surface area contributed by atoms with E-state index in [1.54, 1.807) is 6.08 Å². The van der Waals surface area contributed by atoms with Crippen LogP contribution in [0.25, 0.3) is 0 Å². The average Bonchev–Trinajstić information content (AvgIpc) is 2.86. The van der Waals surface area contributed by atoms with Gasteiger partial charge in [-0.1, -0.05) is 12.2 Å². The Hall–Kier alpha value is -2.78. The fraction of sp³-hybridized carbons (Fsp3) is 0.235. The Morgan fingerprint density at radius 2 is 1.58 bits per heavy atom. The van der Waals surface area contributed by atoms with Crippen molar-refractivity contribution in [3.8, 4) is 41.1 Å². The number of rotatable bonds is 3. The average molecular weight is 351 g/mol. The molecule has 1 aliphatic rings. The van der Waals surface area contributed by atoms with Gasteiger partial charge in [-0.25, -0.2) is 0 Å². The third kappa shape index (κ3) is 2.74. The summed E-state index contributed by atoms with van der Waals surface area (Å²) < 4.78 is 0. The Morgan fingerprint density at radius 3 is 2.08 bits per heavy atom. The van der Waals surface area contributed by atoms with Crippen LogP contribution in [0.2, 0.25) is 0 Å². The van der Waals surface area contributed by atoms with Gasteiger partial charge in [0.25, 0.3) is 0 Å². The normalized spacial score (nSPS) is 20.7. The van der Waals surface area contributed by atoms with E-state index in [-0.39, 0.29) is 30.1 Å². The summed E-state index contributed by atoms with van der Waals surface area (Å²) in [6.45, 7) is 0. The van der Waals surface area contributed by atoms with Crippen LogP contribution >= 0.6 is 11.6 Å². The number of phenolic OH excluding ortho intramolecular Hbond substituents is 5.